The van der Waals surface area contributed by atoms with Gasteiger partial charge in [0.2, 0.25) is 17.7 Å². The number of carbonyl (C=O) groups is 3. The lowest BCUT2D eigenvalue weighted by Crippen LogP contribution is -2.54. The number of halogens is 2. The van der Waals surface area contributed by atoms with Crippen molar-refractivity contribution in [3.63, 3.8) is 0 Å². The summed E-state index contributed by atoms with van der Waals surface area (Å²) in [5.41, 5.74) is 0.663. The van der Waals surface area contributed by atoms with Crippen LogP contribution < -0.4 is 10.2 Å². The Labute approximate surface area is 183 Å². The molecule has 0 aromatic heterocycles. The molecule has 4 aliphatic rings. The molecule has 0 unspecified atom stereocenters. The Morgan fingerprint density at radius 2 is 1.90 bits per heavy atom. The third kappa shape index (κ3) is 2.08. The van der Waals surface area contributed by atoms with Crippen LogP contribution in [0.1, 0.15) is 24.0 Å². The summed E-state index contributed by atoms with van der Waals surface area (Å²) in [6, 6.07) is 9.02. The van der Waals surface area contributed by atoms with Gasteiger partial charge in [0.15, 0.2) is 0 Å². The first-order valence-corrected chi connectivity index (χ1v) is 10.8. The molecule has 4 heterocycles. The molecule has 0 saturated carbocycles. The maximum absolute atomic E-state index is 14.6. The van der Waals surface area contributed by atoms with Gasteiger partial charge in [0, 0.05) is 16.6 Å². The number of hydrogen-bond donors (Lipinski definition) is 1. The zero-order valence-corrected chi connectivity index (χ0v) is 17.4. The summed E-state index contributed by atoms with van der Waals surface area (Å²) in [6.07, 6.45) is 1.54. The number of para-hydroxylation sites is 1. The van der Waals surface area contributed by atoms with Gasteiger partial charge in [-0.3, -0.25) is 19.3 Å². The predicted molar refractivity (Wildman–Crippen MR) is 112 cm³/mol. The molecule has 0 bridgehead atoms. The molecule has 0 aliphatic carbocycles. The fourth-order valence-corrected chi connectivity index (χ4v) is 6.42. The van der Waals surface area contributed by atoms with Crippen LogP contribution in [0.3, 0.4) is 0 Å². The van der Waals surface area contributed by atoms with E-state index in [0.29, 0.717) is 29.2 Å². The molecule has 31 heavy (non-hydrogen) atoms. The molecule has 3 saturated heterocycles. The molecule has 6 nitrogen and oxygen atoms in total. The molecule has 2 aromatic rings. The molecule has 4 aliphatic heterocycles. The number of anilines is 2. The SMILES string of the molecule is Cc1c(Cl)ccc2c1NC(=O)[C@@]21[C@@H]2C(=O)N(c3ccccc3F)C(=O)[C@H]2[C@@H]2CCCN21. The zero-order valence-electron chi connectivity index (χ0n) is 16.7. The Balaban J connectivity index is 1.59. The summed E-state index contributed by atoms with van der Waals surface area (Å²) < 4.78 is 14.6. The summed E-state index contributed by atoms with van der Waals surface area (Å²) in [5.74, 6) is -3.51. The number of rotatable bonds is 1. The van der Waals surface area contributed by atoms with Crippen molar-refractivity contribution in [2.24, 2.45) is 11.8 Å². The molecule has 1 N–H and O–H groups in total. The number of amides is 3. The van der Waals surface area contributed by atoms with Crippen LogP contribution >= 0.6 is 11.6 Å². The Morgan fingerprint density at radius 3 is 2.68 bits per heavy atom. The van der Waals surface area contributed by atoms with Crippen molar-refractivity contribution < 1.29 is 18.8 Å². The van der Waals surface area contributed by atoms with E-state index in [2.05, 4.69) is 5.32 Å². The second kappa shape index (κ2) is 6.14. The number of imide groups is 1. The van der Waals surface area contributed by atoms with Gasteiger partial charge in [-0.2, -0.15) is 0 Å². The van der Waals surface area contributed by atoms with Crippen LogP contribution in [0.25, 0.3) is 0 Å². The standard InChI is InChI=1S/C23H19ClFN3O3/c1-11-13(24)9-8-12-19(11)26-22(31)23(12)18-17(16-7-4-10-27(16)23)20(29)28(21(18)30)15-6-3-2-5-14(15)25/h2-3,5-6,8-9,16-18H,4,7,10H2,1H3,(H,26,31)/t16-,17-,18-,23-/m0/s1. The summed E-state index contributed by atoms with van der Waals surface area (Å²) in [4.78, 5) is 43.9. The highest BCUT2D eigenvalue weighted by molar-refractivity contribution is 6.32. The summed E-state index contributed by atoms with van der Waals surface area (Å²) >= 11 is 6.29. The number of carbonyl (C=O) groups excluding carboxylic acids is 3. The van der Waals surface area contributed by atoms with Crippen molar-refractivity contribution >= 4 is 40.7 Å². The van der Waals surface area contributed by atoms with Crippen LogP contribution in [0, 0.1) is 24.6 Å². The van der Waals surface area contributed by atoms with Crippen molar-refractivity contribution in [1.82, 2.24) is 4.90 Å². The summed E-state index contributed by atoms with van der Waals surface area (Å²) in [7, 11) is 0. The van der Waals surface area contributed by atoms with Crippen LogP contribution in [0.15, 0.2) is 36.4 Å². The second-order valence-electron chi connectivity index (χ2n) is 8.69. The summed E-state index contributed by atoms with van der Waals surface area (Å²) in [5, 5.41) is 3.46. The van der Waals surface area contributed by atoms with E-state index < -0.39 is 35.0 Å². The fourth-order valence-electron chi connectivity index (χ4n) is 6.26. The van der Waals surface area contributed by atoms with Gasteiger partial charge in [-0.25, -0.2) is 9.29 Å². The molecular formula is C23H19ClFN3O3. The van der Waals surface area contributed by atoms with Gasteiger partial charge in [-0.05, 0) is 50.1 Å². The molecular weight excluding hydrogens is 421 g/mol. The van der Waals surface area contributed by atoms with E-state index >= 15 is 0 Å². The van der Waals surface area contributed by atoms with Crippen LogP contribution in [0.4, 0.5) is 15.8 Å². The quantitative estimate of drug-likeness (QED) is 0.693. The van der Waals surface area contributed by atoms with Gasteiger partial charge in [-0.1, -0.05) is 29.8 Å². The van der Waals surface area contributed by atoms with Crippen molar-refractivity contribution in [3.05, 3.63) is 58.4 Å². The van der Waals surface area contributed by atoms with Gasteiger partial charge >= 0.3 is 0 Å². The van der Waals surface area contributed by atoms with Crippen LogP contribution in [0.2, 0.25) is 5.02 Å². The second-order valence-corrected chi connectivity index (χ2v) is 9.09. The number of nitrogens with one attached hydrogen (secondary N) is 1. The minimum atomic E-state index is -1.29. The van der Waals surface area contributed by atoms with E-state index in [9.17, 15) is 18.8 Å². The van der Waals surface area contributed by atoms with Crippen molar-refractivity contribution in [1.29, 1.82) is 0 Å². The van der Waals surface area contributed by atoms with E-state index in [1.54, 1.807) is 18.2 Å². The van der Waals surface area contributed by atoms with Crippen molar-refractivity contribution in [3.8, 4) is 0 Å². The number of benzene rings is 2. The Bertz CT molecular complexity index is 1200. The lowest BCUT2D eigenvalue weighted by atomic mass is 9.75. The number of fused-ring (bicyclic) bond motifs is 7. The lowest BCUT2D eigenvalue weighted by Gasteiger charge is -2.36. The highest BCUT2D eigenvalue weighted by atomic mass is 35.5. The Morgan fingerprint density at radius 1 is 1.13 bits per heavy atom. The maximum atomic E-state index is 14.6. The lowest BCUT2D eigenvalue weighted by molar-refractivity contribution is -0.135. The maximum Gasteiger partial charge on any atom is 0.250 e. The number of hydrogen-bond acceptors (Lipinski definition) is 4. The normalized spacial score (nSPS) is 31.4. The van der Waals surface area contributed by atoms with Gasteiger partial charge in [0.25, 0.3) is 0 Å². The monoisotopic (exact) mass is 439 g/mol. The van der Waals surface area contributed by atoms with Gasteiger partial charge in [0.1, 0.15) is 11.4 Å². The van der Waals surface area contributed by atoms with Gasteiger partial charge in [-0.15, -0.1) is 0 Å². The molecule has 158 valence electrons. The predicted octanol–water partition coefficient (Wildman–Crippen LogP) is 3.22. The average molecular weight is 440 g/mol. The molecule has 2 aromatic carbocycles. The first kappa shape index (κ1) is 19.0. The van der Waals surface area contributed by atoms with E-state index in [0.717, 1.165) is 16.9 Å². The molecule has 3 amide bonds. The molecule has 1 spiro atoms. The third-order valence-corrected chi connectivity index (χ3v) is 7.87. The first-order chi connectivity index (χ1) is 14.9. The smallest absolute Gasteiger partial charge is 0.250 e. The minimum Gasteiger partial charge on any atom is -0.324 e. The van der Waals surface area contributed by atoms with Crippen molar-refractivity contribution in [2.75, 3.05) is 16.8 Å². The Hall–Kier alpha value is -2.77. The van der Waals surface area contributed by atoms with E-state index in [4.69, 9.17) is 11.6 Å². The zero-order chi connectivity index (χ0) is 21.7. The molecule has 8 heteroatoms. The third-order valence-electron chi connectivity index (χ3n) is 7.46. The highest BCUT2D eigenvalue weighted by Crippen LogP contribution is 2.61. The molecule has 3 fully saturated rings. The Kier molecular flexibility index (Phi) is 3.76. The van der Waals surface area contributed by atoms with Gasteiger partial charge < -0.3 is 5.32 Å². The molecule has 4 atom stereocenters. The fraction of sp³-hybridized carbons (Fsp3) is 0.348. The summed E-state index contributed by atoms with van der Waals surface area (Å²) in [6.45, 7) is 2.44. The average Bonchev–Trinajstić information content (AvgIpc) is 3.45. The van der Waals surface area contributed by atoms with Crippen LogP contribution in [-0.2, 0) is 19.9 Å². The van der Waals surface area contributed by atoms with Crippen molar-refractivity contribution in [2.45, 2.75) is 31.3 Å². The molecule has 6 rings (SSSR count). The topological polar surface area (TPSA) is 69.7 Å². The first-order valence-electron chi connectivity index (χ1n) is 10.4. The highest BCUT2D eigenvalue weighted by Gasteiger charge is 2.74. The van der Waals surface area contributed by atoms with E-state index in [-0.39, 0.29) is 17.6 Å². The largest absolute Gasteiger partial charge is 0.324 e. The van der Waals surface area contributed by atoms with Gasteiger partial charge in [0.05, 0.1) is 23.2 Å². The number of nitrogens with zero attached hydrogens (tertiary/aromatic N) is 2. The van der Waals surface area contributed by atoms with Crippen LogP contribution in [0.5, 0.6) is 0 Å². The van der Waals surface area contributed by atoms with E-state index in [1.165, 1.54) is 18.2 Å². The minimum absolute atomic E-state index is 0.0579. The van der Waals surface area contributed by atoms with Crippen LogP contribution in [-0.4, -0.2) is 35.2 Å². The molecule has 0 radical (unpaired) electrons. The van der Waals surface area contributed by atoms with E-state index in [1.807, 2.05) is 11.8 Å².